The third kappa shape index (κ3) is 10.2. The molecule has 0 aromatic heterocycles. The zero-order valence-electron chi connectivity index (χ0n) is 11.3. The van der Waals surface area contributed by atoms with Gasteiger partial charge in [-0.15, -0.1) is 0 Å². The Kier molecular flexibility index (Phi) is 7.20. The number of hydrogen-bond donors (Lipinski definition) is 0. The zero-order chi connectivity index (χ0) is 11.9. The van der Waals surface area contributed by atoms with Crippen LogP contribution < -0.4 is 0 Å². The summed E-state index contributed by atoms with van der Waals surface area (Å²) in [5.74, 6) is 0.956. The van der Waals surface area contributed by atoms with E-state index in [2.05, 4.69) is 27.7 Å². The minimum Gasteiger partial charge on any atom is -0.351 e. The van der Waals surface area contributed by atoms with Gasteiger partial charge in [-0.3, -0.25) is 0 Å². The first-order chi connectivity index (χ1) is 6.83. The summed E-state index contributed by atoms with van der Waals surface area (Å²) in [5.41, 5.74) is 0. The molecule has 92 valence electrons. The van der Waals surface area contributed by atoms with Crippen molar-refractivity contribution in [3.8, 4) is 0 Å². The third-order valence-electron chi connectivity index (χ3n) is 2.29. The molecule has 0 aliphatic heterocycles. The van der Waals surface area contributed by atoms with Crippen molar-refractivity contribution in [2.45, 2.75) is 60.2 Å². The monoisotopic (exact) mass is 216 g/mol. The average Bonchev–Trinajstić information content (AvgIpc) is 2.01. The van der Waals surface area contributed by atoms with Crippen molar-refractivity contribution in [3.63, 3.8) is 0 Å². The molecule has 0 heterocycles. The Morgan fingerprint density at radius 3 is 1.40 bits per heavy atom. The normalized spacial score (nSPS) is 12.8. The molecule has 0 atom stereocenters. The van der Waals surface area contributed by atoms with E-state index in [-0.39, 0.29) is 0 Å². The molecule has 0 radical (unpaired) electrons. The van der Waals surface area contributed by atoms with Gasteiger partial charge in [0.1, 0.15) is 0 Å². The van der Waals surface area contributed by atoms with E-state index in [0.29, 0.717) is 11.8 Å². The minimum absolute atomic E-state index is 0.427. The van der Waals surface area contributed by atoms with E-state index in [9.17, 15) is 0 Å². The highest BCUT2D eigenvalue weighted by molar-refractivity contribution is 4.56. The van der Waals surface area contributed by atoms with Crippen LogP contribution in [0.25, 0.3) is 0 Å². The van der Waals surface area contributed by atoms with E-state index in [1.165, 1.54) is 0 Å². The van der Waals surface area contributed by atoms with E-state index < -0.39 is 5.79 Å². The molecular weight excluding hydrogens is 188 g/mol. The van der Waals surface area contributed by atoms with E-state index in [1.54, 1.807) is 0 Å². The lowest BCUT2D eigenvalue weighted by atomic mass is 10.1. The molecule has 2 heteroatoms. The van der Waals surface area contributed by atoms with E-state index in [4.69, 9.17) is 9.47 Å². The van der Waals surface area contributed by atoms with Crippen LogP contribution in [-0.4, -0.2) is 19.0 Å². The van der Waals surface area contributed by atoms with Crippen molar-refractivity contribution < 1.29 is 9.47 Å². The summed E-state index contributed by atoms with van der Waals surface area (Å²) in [7, 11) is 0. The van der Waals surface area contributed by atoms with E-state index >= 15 is 0 Å². The van der Waals surface area contributed by atoms with Crippen LogP contribution in [-0.2, 0) is 9.47 Å². The van der Waals surface area contributed by atoms with Gasteiger partial charge in [0.25, 0.3) is 0 Å². The molecule has 0 aromatic rings. The van der Waals surface area contributed by atoms with Crippen molar-refractivity contribution in [1.82, 2.24) is 0 Å². The van der Waals surface area contributed by atoms with Crippen LogP contribution >= 0.6 is 0 Å². The highest BCUT2D eigenvalue weighted by atomic mass is 16.7. The van der Waals surface area contributed by atoms with Crippen molar-refractivity contribution in [1.29, 1.82) is 0 Å². The number of ether oxygens (including phenoxy) is 2. The van der Waals surface area contributed by atoms with Gasteiger partial charge in [0, 0.05) is 0 Å². The molecule has 0 rings (SSSR count). The van der Waals surface area contributed by atoms with Gasteiger partial charge in [0.2, 0.25) is 0 Å². The number of rotatable bonds is 8. The van der Waals surface area contributed by atoms with Gasteiger partial charge in [-0.1, -0.05) is 27.7 Å². The molecule has 15 heavy (non-hydrogen) atoms. The van der Waals surface area contributed by atoms with Gasteiger partial charge in [-0.05, 0) is 38.5 Å². The van der Waals surface area contributed by atoms with E-state index in [0.717, 1.165) is 26.1 Å². The Bertz CT molecular complexity index is 135. The second-order valence-corrected chi connectivity index (χ2v) is 5.46. The molecule has 2 nitrogen and oxygen atoms in total. The third-order valence-corrected chi connectivity index (χ3v) is 2.29. The molecular formula is C13H28O2. The van der Waals surface area contributed by atoms with Crippen LogP contribution in [0.3, 0.4) is 0 Å². The Balaban J connectivity index is 3.57. The number of hydrogen-bond acceptors (Lipinski definition) is 2. The summed E-state index contributed by atoms with van der Waals surface area (Å²) >= 11 is 0. The topological polar surface area (TPSA) is 18.5 Å². The first-order valence-electron chi connectivity index (χ1n) is 6.11. The van der Waals surface area contributed by atoms with Crippen LogP contribution in [0.4, 0.5) is 0 Å². The summed E-state index contributed by atoms with van der Waals surface area (Å²) in [6.07, 6.45) is 2.19. The zero-order valence-corrected chi connectivity index (χ0v) is 11.3. The van der Waals surface area contributed by atoms with Gasteiger partial charge >= 0.3 is 0 Å². The summed E-state index contributed by atoms with van der Waals surface area (Å²) < 4.78 is 11.4. The Hall–Kier alpha value is -0.0800. The van der Waals surface area contributed by atoms with Gasteiger partial charge < -0.3 is 9.47 Å². The first kappa shape index (κ1) is 14.9. The van der Waals surface area contributed by atoms with Gasteiger partial charge in [-0.25, -0.2) is 0 Å². The van der Waals surface area contributed by atoms with Crippen LogP contribution in [0.1, 0.15) is 54.4 Å². The summed E-state index contributed by atoms with van der Waals surface area (Å²) in [5, 5.41) is 0. The SMILES string of the molecule is CC(C)CCOC(C)(C)OCCC(C)C. The molecule has 0 aromatic carbocycles. The molecule has 0 unspecified atom stereocenters. The van der Waals surface area contributed by atoms with Crippen LogP contribution in [0.15, 0.2) is 0 Å². The smallest absolute Gasteiger partial charge is 0.162 e. The summed E-state index contributed by atoms with van der Waals surface area (Å²) in [6, 6.07) is 0. The molecule has 0 aliphatic carbocycles. The molecule has 0 aliphatic rings. The molecule has 0 saturated heterocycles. The molecule has 0 amide bonds. The van der Waals surface area contributed by atoms with E-state index in [1.807, 2.05) is 13.8 Å². The maximum Gasteiger partial charge on any atom is 0.162 e. The van der Waals surface area contributed by atoms with Crippen molar-refractivity contribution in [3.05, 3.63) is 0 Å². The van der Waals surface area contributed by atoms with Crippen molar-refractivity contribution >= 4 is 0 Å². The molecule has 0 bridgehead atoms. The quantitative estimate of drug-likeness (QED) is 0.574. The highest BCUT2D eigenvalue weighted by Crippen LogP contribution is 2.14. The average molecular weight is 216 g/mol. The van der Waals surface area contributed by atoms with Crippen LogP contribution in [0, 0.1) is 11.8 Å². The Labute approximate surface area is 95.3 Å². The van der Waals surface area contributed by atoms with Gasteiger partial charge in [0.05, 0.1) is 13.2 Å². The summed E-state index contributed by atoms with van der Waals surface area (Å²) in [4.78, 5) is 0. The van der Waals surface area contributed by atoms with Crippen molar-refractivity contribution in [2.75, 3.05) is 13.2 Å². The Morgan fingerprint density at radius 2 is 1.13 bits per heavy atom. The fourth-order valence-electron chi connectivity index (χ4n) is 1.12. The minimum atomic E-state index is -0.427. The predicted octanol–water partition coefficient (Wildman–Crippen LogP) is 3.85. The lowest BCUT2D eigenvalue weighted by Crippen LogP contribution is -2.30. The fourth-order valence-corrected chi connectivity index (χ4v) is 1.12. The van der Waals surface area contributed by atoms with Crippen LogP contribution in [0.2, 0.25) is 0 Å². The molecule has 0 fully saturated rings. The summed E-state index contributed by atoms with van der Waals surface area (Å²) in [6.45, 7) is 14.4. The lowest BCUT2D eigenvalue weighted by molar-refractivity contribution is -0.215. The predicted molar refractivity (Wildman–Crippen MR) is 64.9 cm³/mol. The van der Waals surface area contributed by atoms with Crippen molar-refractivity contribution in [2.24, 2.45) is 11.8 Å². The molecule has 0 saturated carbocycles. The largest absolute Gasteiger partial charge is 0.351 e. The lowest BCUT2D eigenvalue weighted by Gasteiger charge is -2.26. The highest BCUT2D eigenvalue weighted by Gasteiger charge is 2.18. The first-order valence-corrected chi connectivity index (χ1v) is 6.11. The van der Waals surface area contributed by atoms with Gasteiger partial charge in [0.15, 0.2) is 5.79 Å². The molecule has 0 N–H and O–H groups in total. The van der Waals surface area contributed by atoms with Crippen LogP contribution in [0.5, 0.6) is 0 Å². The molecule has 0 spiro atoms. The Morgan fingerprint density at radius 1 is 0.800 bits per heavy atom. The second-order valence-electron chi connectivity index (χ2n) is 5.46. The van der Waals surface area contributed by atoms with Gasteiger partial charge in [-0.2, -0.15) is 0 Å². The maximum absolute atomic E-state index is 5.70. The maximum atomic E-state index is 5.70. The second kappa shape index (κ2) is 7.24. The standard InChI is InChI=1S/C13H28O2/c1-11(2)7-9-14-13(5,6)15-10-8-12(3)4/h11-12H,7-10H2,1-6H3. The fraction of sp³-hybridized carbons (Fsp3) is 1.00.